The maximum absolute atomic E-state index is 14.3. The largest absolute Gasteiger partial charge is 2.00 e. The van der Waals surface area contributed by atoms with Crippen molar-refractivity contribution in [2.45, 2.75) is 106 Å². The second-order valence-electron chi connectivity index (χ2n) is 15.4. The Balaban J connectivity index is 0.00000600. The molecule has 3 aromatic heterocycles. The zero-order chi connectivity index (χ0) is 39.7. The molecule has 1 aliphatic carbocycles. The quantitative estimate of drug-likeness (QED) is 0.0828. The van der Waals surface area contributed by atoms with Gasteiger partial charge in [-0.2, -0.15) is 0 Å². The fourth-order valence-corrected chi connectivity index (χ4v) is 8.40. The Kier molecular flexibility index (Phi) is 13.6. The summed E-state index contributed by atoms with van der Waals surface area (Å²) in [6.45, 7) is 16.6. The number of carbonyl (C=O) groups is 4. The smallest absolute Gasteiger partial charge is 0.678 e. The van der Waals surface area contributed by atoms with Gasteiger partial charge in [0.1, 0.15) is 18.8 Å². The van der Waals surface area contributed by atoms with Crippen LogP contribution in [0.1, 0.15) is 128 Å². The molecule has 0 amide bonds. The van der Waals surface area contributed by atoms with Crippen molar-refractivity contribution in [3.63, 3.8) is 0 Å². The molecule has 0 spiro atoms. The summed E-state index contributed by atoms with van der Waals surface area (Å²) < 4.78 is 10.9. The van der Waals surface area contributed by atoms with Gasteiger partial charge in [-0.15, -0.1) is 38.5 Å². The van der Waals surface area contributed by atoms with E-state index in [9.17, 15) is 19.2 Å². The predicted molar refractivity (Wildman–Crippen MR) is 218 cm³/mol. The van der Waals surface area contributed by atoms with Gasteiger partial charge in [-0.25, -0.2) is 0 Å². The molecule has 0 saturated heterocycles. The fourth-order valence-electron chi connectivity index (χ4n) is 8.40. The van der Waals surface area contributed by atoms with Crippen LogP contribution in [0.4, 0.5) is 0 Å². The summed E-state index contributed by atoms with van der Waals surface area (Å²) in [7, 11) is 1.27. The Morgan fingerprint density at radius 1 is 0.911 bits per heavy atom. The van der Waals surface area contributed by atoms with Gasteiger partial charge in [0.25, 0.3) is 0 Å². The van der Waals surface area contributed by atoms with Crippen LogP contribution in [0.5, 0.6) is 0 Å². The molecule has 1 unspecified atom stereocenters. The van der Waals surface area contributed by atoms with E-state index in [0.29, 0.717) is 75.2 Å². The number of fused-ring (bicyclic) bond motifs is 8. The number of esters is 2. The van der Waals surface area contributed by atoms with E-state index in [1.54, 1.807) is 0 Å². The summed E-state index contributed by atoms with van der Waals surface area (Å²) in [5.41, 5.74) is 8.66. The van der Waals surface area contributed by atoms with Gasteiger partial charge in [0, 0.05) is 17.5 Å². The molecule has 0 aromatic carbocycles. The third kappa shape index (κ3) is 8.07. The van der Waals surface area contributed by atoms with Gasteiger partial charge in [-0.3, -0.25) is 19.2 Å². The number of nitrogens with zero attached hydrogens (tertiary/aromatic N) is 4. The summed E-state index contributed by atoms with van der Waals surface area (Å²) in [5, 5.41) is 7.65. The average molecular weight is 769 g/mol. The van der Waals surface area contributed by atoms with E-state index in [4.69, 9.17) is 29.7 Å². The minimum absolute atomic E-state index is 0. The zero-order valence-corrected chi connectivity index (χ0v) is 35.7. The first kappa shape index (κ1) is 42.8. The molecule has 3 aliphatic rings. The van der Waals surface area contributed by atoms with Crippen molar-refractivity contribution in [2.75, 3.05) is 13.7 Å². The standard InChI is InChI=1S/C45H53N4O6.Mg/c1-10-28-25(6)32-19-33-26(7)30(15-16-38(51)55-18-17-24(5)14-12-13-23(3)4)42(48-33)40-41(45(53)54-9)44(52)39-27(8)34(49-43(39)40)20-36-29(11-2)31(22-50)37(47-36)21-35(28)46-32;/h17,19-23,30,41-42H,10-16,18H2,1-9H3,(H-,46,47,50,52);/q-3;+2/p-1/b24-17+,32-19-;/t30-,41+,42?;/m0./s1. The monoisotopic (exact) mass is 768 g/mol. The number of Topliss-reactive ketones (excluding diaryl/α,β-unsaturated/α-hetero) is 1. The minimum Gasteiger partial charge on any atom is -0.678 e. The number of carbonyl (C=O) groups excluding carboxylic acids is 4. The number of methoxy groups -OCH3 is 1. The summed E-state index contributed by atoms with van der Waals surface area (Å²) >= 11 is 0. The van der Waals surface area contributed by atoms with Gasteiger partial charge in [-0.05, 0) is 77.7 Å². The molecule has 3 atom stereocenters. The molecular weight excluding hydrogens is 717 g/mol. The Bertz CT molecular complexity index is 2370. The van der Waals surface area contributed by atoms with Gasteiger partial charge in [-0.1, -0.05) is 97.4 Å². The first-order chi connectivity index (χ1) is 26.3. The number of rotatable bonds is 13. The van der Waals surface area contributed by atoms with Crippen molar-refractivity contribution in [2.24, 2.45) is 17.8 Å². The van der Waals surface area contributed by atoms with Crippen LogP contribution in [-0.2, 0) is 31.9 Å². The Morgan fingerprint density at radius 2 is 1.61 bits per heavy atom. The molecule has 6 rings (SSSR count). The molecule has 2 aliphatic heterocycles. The van der Waals surface area contributed by atoms with E-state index >= 15 is 0 Å². The molecule has 0 fully saturated rings. The fraction of sp³-hybridized carbons (Fsp3) is 0.467. The van der Waals surface area contributed by atoms with Gasteiger partial charge in [0.2, 0.25) is 0 Å². The van der Waals surface area contributed by atoms with Crippen LogP contribution in [0.15, 0.2) is 22.9 Å². The number of aromatic nitrogens is 3. The minimum atomic E-state index is -1.23. The summed E-state index contributed by atoms with van der Waals surface area (Å²) in [6, 6.07) is -0.671. The van der Waals surface area contributed by atoms with Crippen molar-refractivity contribution in [3.05, 3.63) is 94.4 Å². The first-order valence-electron chi connectivity index (χ1n) is 19.6. The van der Waals surface area contributed by atoms with Crippen molar-refractivity contribution in [1.82, 2.24) is 15.0 Å². The molecule has 0 N–H and O–H groups in total. The van der Waals surface area contributed by atoms with Crippen LogP contribution >= 0.6 is 0 Å². The van der Waals surface area contributed by atoms with E-state index in [1.165, 1.54) is 12.7 Å². The van der Waals surface area contributed by atoms with E-state index < -0.39 is 17.9 Å². The maximum atomic E-state index is 14.3. The molecule has 0 saturated carbocycles. The number of allylic oxidation sites excluding steroid dienone is 2. The van der Waals surface area contributed by atoms with Crippen molar-refractivity contribution in [3.8, 4) is 0 Å². The van der Waals surface area contributed by atoms with E-state index in [1.807, 2.05) is 52.0 Å². The predicted octanol–water partition coefficient (Wildman–Crippen LogP) is 4.06. The molecule has 10 nitrogen and oxygen atoms in total. The van der Waals surface area contributed by atoms with Gasteiger partial charge in [0.05, 0.1) is 7.11 Å². The van der Waals surface area contributed by atoms with Crippen LogP contribution in [0, 0.1) is 31.6 Å². The first-order valence-corrected chi connectivity index (χ1v) is 19.6. The van der Waals surface area contributed by atoms with Gasteiger partial charge in [0.15, 0.2) is 5.78 Å². The number of ketones is 1. The Hall–Kier alpha value is -4.35. The molecule has 8 bridgehead atoms. The molecule has 3 aromatic rings. The van der Waals surface area contributed by atoms with E-state index in [0.717, 1.165) is 58.5 Å². The number of hydrogen-bond donors (Lipinski definition) is 0. The zero-order valence-electron chi connectivity index (χ0n) is 34.3. The average Bonchev–Trinajstić information content (AvgIpc) is 3.90. The molecule has 0 radical (unpaired) electrons. The topological polar surface area (TPSA) is 143 Å². The van der Waals surface area contributed by atoms with Crippen LogP contribution in [-0.4, -0.2) is 66.8 Å². The Labute approximate surface area is 345 Å². The molecular formula is C45H52MgN4O6-2. The third-order valence-corrected chi connectivity index (χ3v) is 11.6. The summed E-state index contributed by atoms with van der Waals surface area (Å²) in [6.07, 6.45) is 13.5. The van der Waals surface area contributed by atoms with Crippen LogP contribution in [0.3, 0.4) is 0 Å². The summed E-state index contributed by atoms with van der Waals surface area (Å²) in [4.78, 5) is 68.4. The van der Waals surface area contributed by atoms with Crippen LogP contribution < -0.4 is 36.3 Å². The van der Waals surface area contributed by atoms with Crippen molar-refractivity contribution in [1.29, 1.82) is 0 Å². The SMILES string of the molecule is CCc1c2[n-]c(c1C=O)/C=c1\[n-]/c(c(C)c1CC)=C\C1=C(C)[C@H](CCC(=O)OC/C=C(\C)CCCC(C)C)C([N-]1)C1=c3[n-]/c(c(C)c3C(=O)[C@@H]1C(=O)OC)=C\2.[Mg+2]. The van der Waals surface area contributed by atoms with E-state index in [-0.39, 0.29) is 53.8 Å². The van der Waals surface area contributed by atoms with Crippen molar-refractivity contribution >= 4 is 70.9 Å². The number of aldehydes is 1. The number of hydrogen-bond acceptors (Lipinski definition) is 6. The molecule has 56 heavy (non-hydrogen) atoms. The van der Waals surface area contributed by atoms with Crippen molar-refractivity contribution < 1.29 is 28.7 Å². The normalized spacial score (nSPS) is 20.4. The second-order valence-corrected chi connectivity index (χ2v) is 15.4. The van der Waals surface area contributed by atoms with Crippen LogP contribution in [0.2, 0.25) is 0 Å². The Morgan fingerprint density at radius 3 is 2.27 bits per heavy atom. The van der Waals surface area contributed by atoms with Gasteiger partial charge < -0.3 is 29.7 Å². The molecule has 292 valence electrons. The summed E-state index contributed by atoms with van der Waals surface area (Å²) in [5.74, 6) is -2.29. The van der Waals surface area contributed by atoms with Gasteiger partial charge >= 0.3 is 35.0 Å². The van der Waals surface area contributed by atoms with Crippen LogP contribution in [0.25, 0.3) is 29.1 Å². The molecule has 11 heteroatoms. The third-order valence-electron chi connectivity index (χ3n) is 11.6. The molecule has 5 heterocycles. The second kappa shape index (κ2) is 17.8. The van der Waals surface area contributed by atoms with E-state index in [2.05, 4.69) is 27.7 Å². The number of ether oxygens (including phenoxy) is 2. The maximum Gasteiger partial charge on any atom is 2.00 e.